The lowest BCUT2D eigenvalue weighted by Gasteiger charge is -2.11. The Morgan fingerprint density at radius 2 is 2.08 bits per heavy atom. The van der Waals surface area contributed by atoms with Gasteiger partial charge < -0.3 is 0 Å². The molecular formula is C13H18. The van der Waals surface area contributed by atoms with Crippen LogP contribution in [-0.4, -0.2) is 0 Å². The highest BCUT2D eigenvalue weighted by Gasteiger charge is 2.04. The monoisotopic (exact) mass is 174 g/mol. The molecule has 0 radical (unpaired) electrons. The molecule has 70 valence electrons. The Morgan fingerprint density at radius 3 is 2.62 bits per heavy atom. The van der Waals surface area contributed by atoms with Crippen molar-refractivity contribution in [2.24, 2.45) is 5.92 Å². The van der Waals surface area contributed by atoms with Gasteiger partial charge in [-0.2, -0.15) is 0 Å². The van der Waals surface area contributed by atoms with Gasteiger partial charge >= 0.3 is 0 Å². The van der Waals surface area contributed by atoms with Gasteiger partial charge in [0.05, 0.1) is 0 Å². The van der Waals surface area contributed by atoms with Crippen LogP contribution in [0.25, 0.3) is 6.08 Å². The van der Waals surface area contributed by atoms with E-state index < -0.39 is 0 Å². The Morgan fingerprint density at radius 1 is 1.38 bits per heavy atom. The summed E-state index contributed by atoms with van der Waals surface area (Å²) in [5.74, 6) is 0.708. The van der Waals surface area contributed by atoms with Crippen LogP contribution in [0.15, 0.2) is 24.8 Å². The zero-order valence-electron chi connectivity index (χ0n) is 8.80. The van der Waals surface area contributed by atoms with Crippen molar-refractivity contribution < 1.29 is 0 Å². The maximum absolute atomic E-state index is 3.84. The summed E-state index contributed by atoms with van der Waals surface area (Å²) in [6.07, 6.45) is 3.10. The third kappa shape index (κ3) is 2.45. The summed E-state index contributed by atoms with van der Waals surface area (Å²) >= 11 is 0. The van der Waals surface area contributed by atoms with Crippen molar-refractivity contribution in [2.75, 3.05) is 0 Å². The molecule has 0 aliphatic rings. The van der Waals surface area contributed by atoms with E-state index in [1.54, 1.807) is 0 Å². The van der Waals surface area contributed by atoms with Crippen LogP contribution >= 0.6 is 0 Å². The minimum Gasteiger partial charge on any atom is -0.0985 e. The summed E-state index contributed by atoms with van der Waals surface area (Å²) < 4.78 is 0. The van der Waals surface area contributed by atoms with Crippen LogP contribution in [0.4, 0.5) is 0 Å². The van der Waals surface area contributed by atoms with Crippen LogP contribution in [0.2, 0.25) is 0 Å². The second-order valence-electron chi connectivity index (χ2n) is 3.94. The molecule has 0 spiro atoms. The van der Waals surface area contributed by atoms with Gasteiger partial charge in [0.1, 0.15) is 0 Å². The maximum Gasteiger partial charge on any atom is -0.0228 e. The molecule has 0 aliphatic heterocycles. The lowest BCUT2D eigenvalue weighted by molar-refractivity contribution is 0.644. The summed E-state index contributed by atoms with van der Waals surface area (Å²) in [6.45, 7) is 10.5. The number of benzene rings is 1. The van der Waals surface area contributed by atoms with Gasteiger partial charge in [0.2, 0.25) is 0 Å². The Bertz CT molecular complexity index is 295. The molecule has 0 amide bonds. The Hall–Kier alpha value is -1.04. The molecule has 0 heterocycles. The van der Waals surface area contributed by atoms with Crippen LogP contribution in [0.1, 0.15) is 30.5 Å². The molecule has 0 aliphatic carbocycles. The van der Waals surface area contributed by atoms with E-state index in [0.29, 0.717) is 5.92 Å². The van der Waals surface area contributed by atoms with Gasteiger partial charge in [-0.25, -0.2) is 0 Å². The Kier molecular flexibility index (Phi) is 3.30. The lowest BCUT2D eigenvalue weighted by Crippen LogP contribution is -1.99. The third-order valence-electron chi connectivity index (χ3n) is 2.28. The van der Waals surface area contributed by atoms with Gasteiger partial charge in [0.15, 0.2) is 0 Å². The van der Waals surface area contributed by atoms with Crippen molar-refractivity contribution >= 4 is 6.08 Å². The lowest BCUT2D eigenvalue weighted by atomic mass is 9.94. The minimum atomic E-state index is 0.708. The first kappa shape index (κ1) is 10.0. The first-order valence-electron chi connectivity index (χ1n) is 4.86. The molecule has 0 N–H and O–H groups in total. The second-order valence-corrected chi connectivity index (χ2v) is 3.94. The van der Waals surface area contributed by atoms with E-state index in [9.17, 15) is 0 Å². The van der Waals surface area contributed by atoms with Crippen LogP contribution in [-0.2, 0) is 6.42 Å². The van der Waals surface area contributed by atoms with E-state index in [2.05, 4.69) is 45.5 Å². The molecule has 13 heavy (non-hydrogen) atoms. The van der Waals surface area contributed by atoms with Crippen LogP contribution in [0, 0.1) is 12.8 Å². The average Bonchev–Trinajstić information content (AvgIpc) is 2.08. The van der Waals surface area contributed by atoms with Crippen molar-refractivity contribution in [1.29, 1.82) is 0 Å². The fourth-order valence-electron chi connectivity index (χ4n) is 1.60. The molecule has 0 heteroatoms. The van der Waals surface area contributed by atoms with E-state index in [1.165, 1.54) is 16.7 Å². The molecule has 0 nitrogen and oxygen atoms in total. The van der Waals surface area contributed by atoms with Crippen molar-refractivity contribution in [3.63, 3.8) is 0 Å². The van der Waals surface area contributed by atoms with Gasteiger partial charge in [-0.3, -0.25) is 0 Å². The zero-order chi connectivity index (χ0) is 9.84. The van der Waals surface area contributed by atoms with Crippen molar-refractivity contribution in [1.82, 2.24) is 0 Å². The molecule has 0 fully saturated rings. The smallest absolute Gasteiger partial charge is 0.0228 e. The van der Waals surface area contributed by atoms with Gasteiger partial charge in [-0.15, -0.1) is 0 Å². The van der Waals surface area contributed by atoms with Crippen molar-refractivity contribution in [2.45, 2.75) is 27.2 Å². The Balaban J connectivity index is 3.07. The largest absolute Gasteiger partial charge is 0.0985 e. The van der Waals surface area contributed by atoms with E-state index in [-0.39, 0.29) is 0 Å². The summed E-state index contributed by atoms with van der Waals surface area (Å²) in [5, 5.41) is 0. The van der Waals surface area contributed by atoms with Crippen molar-refractivity contribution in [3.05, 3.63) is 41.5 Å². The average molecular weight is 174 g/mol. The third-order valence-corrected chi connectivity index (χ3v) is 2.28. The highest BCUT2D eigenvalue weighted by atomic mass is 14.1. The van der Waals surface area contributed by atoms with E-state index in [1.807, 2.05) is 6.08 Å². The fraction of sp³-hybridized carbons (Fsp3) is 0.385. The number of rotatable bonds is 3. The fourth-order valence-corrected chi connectivity index (χ4v) is 1.60. The van der Waals surface area contributed by atoms with E-state index >= 15 is 0 Å². The van der Waals surface area contributed by atoms with Crippen molar-refractivity contribution in [3.8, 4) is 0 Å². The summed E-state index contributed by atoms with van der Waals surface area (Å²) in [5.41, 5.74) is 4.12. The van der Waals surface area contributed by atoms with Crippen LogP contribution in [0.3, 0.4) is 0 Å². The highest BCUT2D eigenvalue weighted by Crippen LogP contribution is 2.18. The zero-order valence-corrected chi connectivity index (χ0v) is 8.80. The first-order valence-corrected chi connectivity index (χ1v) is 4.86. The summed E-state index contributed by atoms with van der Waals surface area (Å²) in [7, 11) is 0. The number of hydrogen-bond acceptors (Lipinski definition) is 0. The Labute approximate surface area is 81.3 Å². The predicted octanol–water partition coefficient (Wildman–Crippen LogP) is 3.84. The quantitative estimate of drug-likeness (QED) is 0.653. The normalized spacial score (nSPS) is 10.5. The van der Waals surface area contributed by atoms with E-state index in [0.717, 1.165) is 6.42 Å². The van der Waals surface area contributed by atoms with Crippen LogP contribution < -0.4 is 0 Å². The molecule has 0 aromatic heterocycles. The molecule has 0 bridgehead atoms. The standard InChI is InChI=1S/C13H18/c1-5-12-8-6-7-11(4)13(12)9-10(2)3/h5-8,10H,1,9H2,2-4H3. The van der Waals surface area contributed by atoms with Crippen LogP contribution in [0.5, 0.6) is 0 Å². The molecular weight excluding hydrogens is 156 g/mol. The van der Waals surface area contributed by atoms with Gasteiger partial charge in [-0.05, 0) is 36.0 Å². The predicted molar refractivity (Wildman–Crippen MR) is 59.8 cm³/mol. The maximum atomic E-state index is 3.84. The topological polar surface area (TPSA) is 0 Å². The first-order chi connectivity index (χ1) is 6.15. The molecule has 1 aromatic rings. The second kappa shape index (κ2) is 4.27. The minimum absolute atomic E-state index is 0.708. The summed E-state index contributed by atoms with van der Waals surface area (Å²) in [6, 6.07) is 6.40. The number of aryl methyl sites for hydroxylation is 1. The highest BCUT2D eigenvalue weighted by molar-refractivity contribution is 5.54. The van der Waals surface area contributed by atoms with E-state index in [4.69, 9.17) is 0 Å². The number of hydrogen-bond donors (Lipinski definition) is 0. The molecule has 1 rings (SSSR count). The van der Waals surface area contributed by atoms with Gasteiger partial charge in [0.25, 0.3) is 0 Å². The van der Waals surface area contributed by atoms with Gasteiger partial charge in [-0.1, -0.05) is 44.7 Å². The molecule has 0 saturated heterocycles. The SMILES string of the molecule is C=Cc1cccc(C)c1CC(C)C. The molecule has 0 atom stereocenters. The van der Waals surface area contributed by atoms with Gasteiger partial charge in [0, 0.05) is 0 Å². The molecule has 1 aromatic carbocycles. The molecule has 0 saturated carbocycles. The summed E-state index contributed by atoms with van der Waals surface area (Å²) in [4.78, 5) is 0. The molecule has 0 unspecified atom stereocenters.